The molecule has 3 aromatic rings. The summed E-state index contributed by atoms with van der Waals surface area (Å²) < 4.78 is 3.32. The average molecular weight is 351 g/mol. The number of carbonyl (C=O) groups is 1. The van der Waals surface area contributed by atoms with Gasteiger partial charge in [-0.1, -0.05) is 43.7 Å². The number of benzene rings is 2. The van der Waals surface area contributed by atoms with E-state index in [1.165, 1.54) is 0 Å². The molecule has 0 atom stereocenters. The zero-order chi connectivity index (χ0) is 18.5. The molecule has 1 aromatic heterocycles. The fourth-order valence-corrected chi connectivity index (χ4v) is 3.24. The molecule has 26 heavy (non-hydrogen) atoms. The number of aryl methyl sites for hydroxylation is 2. The number of carbonyl (C=O) groups excluding carboxylic acids is 1. The van der Waals surface area contributed by atoms with Crippen molar-refractivity contribution in [2.24, 2.45) is 7.05 Å². The fraction of sp³-hybridized carbons (Fsp3) is 0.333. The number of hydrogen-bond acceptors (Lipinski definition) is 2. The molecule has 0 saturated carbocycles. The first-order chi connectivity index (χ1) is 12.6. The third-order valence-electron chi connectivity index (χ3n) is 4.71. The maximum absolute atomic E-state index is 12.9. The molecule has 0 aliphatic carbocycles. The number of amides is 1. The van der Waals surface area contributed by atoms with E-state index in [-0.39, 0.29) is 11.6 Å². The SMILES string of the molecule is CCCCN(C(=O)CCn1c(=O)n(C)c2ccccc21)c1ccccc1. The molecule has 0 radical (unpaired) electrons. The molecule has 5 nitrogen and oxygen atoms in total. The summed E-state index contributed by atoms with van der Waals surface area (Å²) in [6, 6.07) is 17.4. The van der Waals surface area contributed by atoms with Crippen LogP contribution in [-0.4, -0.2) is 21.6 Å². The monoisotopic (exact) mass is 351 g/mol. The van der Waals surface area contributed by atoms with E-state index in [2.05, 4.69) is 6.92 Å². The third-order valence-corrected chi connectivity index (χ3v) is 4.71. The van der Waals surface area contributed by atoms with Gasteiger partial charge in [-0.05, 0) is 30.7 Å². The topological polar surface area (TPSA) is 47.2 Å². The van der Waals surface area contributed by atoms with Gasteiger partial charge in [-0.15, -0.1) is 0 Å². The highest BCUT2D eigenvalue weighted by molar-refractivity contribution is 5.93. The highest BCUT2D eigenvalue weighted by atomic mass is 16.2. The first-order valence-corrected chi connectivity index (χ1v) is 9.13. The predicted octanol–water partition coefficient (Wildman–Crippen LogP) is 3.56. The van der Waals surface area contributed by atoms with E-state index in [0.29, 0.717) is 19.5 Å². The minimum atomic E-state index is -0.0844. The number of imidazole rings is 1. The van der Waals surface area contributed by atoms with Crippen LogP contribution in [0, 0.1) is 0 Å². The molecule has 0 unspecified atom stereocenters. The lowest BCUT2D eigenvalue weighted by atomic mass is 10.2. The van der Waals surface area contributed by atoms with Crippen LogP contribution in [0.25, 0.3) is 11.0 Å². The molecule has 0 bridgehead atoms. The lowest BCUT2D eigenvalue weighted by Crippen LogP contribution is -2.33. The van der Waals surface area contributed by atoms with Crippen LogP contribution in [0.4, 0.5) is 5.69 Å². The summed E-state index contributed by atoms with van der Waals surface area (Å²) in [4.78, 5) is 27.2. The lowest BCUT2D eigenvalue weighted by Gasteiger charge is -2.23. The number of hydrogen-bond donors (Lipinski definition) is 0. The Balaban J connectivity index is 1.81. The summed E-state index contributed by atoms with van der Waals surface area (Å²) in [6.07, 6.45) is 2.28. The van der Waals surface area contributed by atoms with Crippen LogP contribution in [-0.2, 0) is 18.4 Å². The van der Waals surface area contributed by atoms with Gasteiger partial charge in [0.15, 0.2) is 0 Å². The van der Waals surface area contributed by atoms with E-state index in [4.69, 9.17) is 0 Å². The quantitative estimate of drug-likeness (QED) is 0.653. The number of fused-ring (bicyclic) bond motifs is 1. The molecule has 0 aliphatic rings. The third kappa shape index (κ3) is 3.57. The van der Waals surface area contributed by atoms with Crippen molar-refractivity contribution >= 4 is 22.6 Å². The minimum Gasteiger partial charge on any atom is -0.312 e. The summed E-state index contributed by atoms with van der Waals surface area (Å²) in [6.45, 7) is 3.20. The van der Waals surface area contributed by atoms with Crippen LogP contribution >= 0.6 is 0 Å². The van der Waals surface area contributed by atoms with Crippen molar-refractivity contribution in [3.63, 3.8) is 0 Å². The van der Waals surface area contributed by atoms with Crippen LogP contribution in [0.5, 0.6) is 0 Å². The Labute approximate surface area is 153 Å². The van der Waals surface area contributed by atoms with Crippen molar-refractivity contribution in [2.45, 2.75) is 32.7 Å². The van der Waals surface area contributed by atoms with Gasteiger partial charge in [-0.3, -0.25) is 13.9 Å². The van der Waals surface area contributed by atoms with Crippen molar-refractivity contribution in [3.8, 4) is 0 Å². The summed E-state index contributed by atoms with van der Waals surface area (Å²) in [7, 11) is 1.76. The molecule has 5 heteroatoms. The predicted molar refractivity (Wildman–Crippen MR) is 105 cm³/mol. The molecule has 0 N–H and O–H groups in total. The summed E-state index contributed by atoms with van der Waals surface area (Å²) in [5.41, 5.74) is 2.58. The summed E-state index contributed by atoms with van der Waals surface area (Å²) in [5.74, 6) is 0.0458. The normalized spacial score (nSPS) is 11.0. The molecule has 0 spiro atoms. The zero-order valence-electron chi connectivity index (χ0n) is 15.4. The molecule has 0 fully saturated rings. The second kappa shape index (κ2) is 8.04. The maximum Gasteiger partial charge on any atom is 0.328 e. The van der Waals surface area contributed by atoms with Crippen molar-refractivity contribution in [3.05, 3.63) is 65.1 Å². The van der Waals surface area contributed by atoms with Gasteiger partial charge in [0.05, 0.1) is 11.0 Å². The second-order valence-electron chi connectivity index (χ2n) is 6.47. The average Bonchev–Trinajstić information content (AvgIpc) is 2.92. The minimum absolute atomic E-state index is 0.0458. The molecule has 1 amide bonds. The largest absolute Gasteiger partial charge is 0.328 e. The zero-order valence-corrected chi connectivity index (χ0v) is 15.4. The van der Waals surface area contributed by atoms with Gasteiger partial charge < -0.3 is 4.90 Å². The molecule has 136 valence electrons. The Hall–Kier alpha value is -2.82. The molecule has 0 saturated heterocycles. The number of para-hydroxylation sites is 3. The highest BCUT2D eigenvalue weighted by Crippen LogP contribution is 2.17. The van der Waals surface area contributed by atoms with Gasteiger partial charge in [-0.25, -0.2) is 4.79 Å². The molecule has 1 heterocycles. The van der Waals surface area contributed by atoms with Gasteiger partial charge in [0.1, 0.15) is 0 Å². The lowest BCUT2D eigenvalue weighted by molar-refractivity contribution is -0.118. The molecule has 0 aliphatic heterocycles. The Morgan fingerprint density at radius 3 is 2.35 bits per heavy atom. The van der Waals surface area contributed by atoms with Gasteiger partial charge in [0.2, 0.25) is 5.91 Å². The molecule has 2 aromatic carbocycles. The van der Waals surface area contributed by atoms with Crippen molar-refractivity contribution in [2.75, 3.05) is 11.4 Å². The number of nitrogens with zero attached hydrogens (tertiary/aromatic N) is 3. The Bertz CT molecular complexity index is 941. The van der Waals surface area contributed by atoms with E-state index >= 15 is 0 Å². The molecular weight excluding hydrogens is 326 g/mol. The summed E-state index contributed by atoms with van der Waals surface area (Å²) >= 11 is 0. The van der Waals surface area contributed by atoms with Crippen molar-refractivity contribution < 1.29 is 4.79 Å². The van der Waals surface area contributed by atoms with Crippen LogP contribution in [0.2, 0.25) is 0 Å². The van der Waals surface area contributed by atoms with Gasteiger partial charge in [-0.2, -0.15) is 0 Å². The van der Waals surface area contributed by atoms with E-state index in [1.54, 1.807) is 16.2 Å². The molecule has 3 rings (SSSR count). The first-order valence-electron chi connectivity index (χ1n) is 9.13. The van der Waals surface area contributed by atoms with E-state index < -0.39 is 0 Å². The fourth-order valence-electron chi connectivity index (χ4n) is 3.24. The number of anilines is 1. The van der Waals surface area contributed by atoms with Crippen LogP contribution in [0.15, 0.2) is 59.4 Å². The van der Waals surface area contributed by atoms with Crippen LogP contribution in [0.3, 0.4) is 0 Å². The van der Waals surface area contributed by atoms with Gasteiger partial charge >= 0.3 is 5.69 Å². The highest BCUT2D eigenvalue weighted by Gasteiger charge is 2.17. The standard InChI is InChI=1S/C21H25N3O2/c1-3-4-15-23(17-10-6-5-7-11-17)20(25)14-16-24-19-13-9-8-12-18(19)22(2)21(24)26/h5-13H,3-4,14-16H2,1-2H3. The smallest absolute Gasteiger partial charge is 0.312 e. The van der Waals surface area contributed by atoms with E-state index in [9.17, 15) is 9.59 Å². The Morgan fingerprint density at radius 2 is 1.65 bits per heavy atom. The first kappa shape index (κ1) is 18.0. The Kier molecular flexibility index (Phi) is 5.56. The Morgan fingerprint density at radius 1 is 1.00 bits per heavy atom. The van der Waals surface area contributed by atoms with Gasteiger partial charge in [0.25, 0.3) is 0 Å². The van der Waals surface area contributed by atoms with Gasteiger partial charge in [0, 0.05) is 32.2 Å². The number of rotatable bonds is 7. The summed E-state index contributed by atoms with van der Waals surface area (Å²) in [5, 5.41) is 0. The van der Waals surface area contributed by atoms with Crippen molar-refractivity contribution in [1.82, 2.24) is 9.13 Å². The second-order valence-corrected chi connectivity index (χ2v) is 6.47. The molecular formula is C21H25N3O2. The maximum atomic E-state index is 12.9. The number of unbranched alkanes of at least 4 members (excludes halogenated alkanes) is 1. The van der Waals surface area contributed by atoms with Crippen LogP contribution < -0.4 is 10.6 Å². The van der Waals surface area contributed by atoms with E-state index in [0.717, 1.165) is 29.6 Å². The number of aromatic nitrogens is 2. The van der Waals surface area contributed by atoms with Crippen LogP contribution in [0.1, 0.15) is 26.2 Å². The van der Waals surface area contributed by atoms with Crippen molar-refractivity contribution in [1.29, 1.82) is 0 Å². The van der Waals surface area contributed by atoms with E-state index in [1.807, 2.05) is 59.5 Å².